The van der Waals surface area contributed by atoms with Gasteiger partial charge in [-0.15, -0.1) is 0 Å². The van der Waals surface area contributed by atoms with Gasteiger partial charge in [-0.25, -0.2) is 0 Å². The summed E-state index contributed by atoms with van der Waals surface area (Å²) >= 11 is 0. The quantitative estimate of drug-likeness (QED) is 0.506. The predicted octanol–water partition coefficient (Wildman–Crippen LogP) is -1.15. The molecule has 0 saturated carbocycles. The Morgan fingerprint density at radius 3 is 2.29 bits per heavy atom. The standard InChI is InChI=1S/C9H7NO5S2/c1-2-9(11)10-7-5-6(16(12)13)3-4-8(7)17(14)15/h2-5H,1H2,(H,10,11). The number of amides is 1. The third-order valence-electron chi connectivity index (χ3n) is 1.77. The normalized spacial score (nSPS) is 14.0. The maximum Gasteiger partial charge on any atom is 0.247 e. The minimum absolute atomic E-state index is 0.107. The molecular formula is C9H7NO5S2. The number of rotatable bonds is 2. The van der Waals surface area contributed by atoms with Gasteiger partial charge in [0, 0.05) is 0 Å². The van der Waals surface area contributed by atoms with Crippen LogP contribution < -0.4 is 5.32 Å². The van der Waals surface area contributed by atoms with Crippen LogP contribution in [0.5, 0.6) is 0 Å². The summed E-state index contributed by atoms with van der Waals surface area (Å²) in [5.41, 5.74) is -0.107. The van der Waals surface area contributed by atoms with Gasteiger partial charge in [-0.2, -0.15) is 16.8 Å². The first-order valence-corrected chi connectivity index (χ1v) is 6.36. The van der Waals surface area contributed by atoms with Crippen molar-refractivity contribution in [3.63, 3.8) is 0 Å². The van der Waals surface area contributed by atoms with Crippen LogP contribution in [0.2, 0.25) is 0 Å². The van der Waals surface area contributed by atoms with Crippen LogP contribution in [0.1, 0.15) is 0 Å². The van der Waals surface area contributed by atoms with E-state index < -0.39 is 26.5 Å². The molecule has 0 aliphatic heterocycles. The molecule has 0 fully saturated rings. The molecule has 0 aromatic carbocycles. The zero-order chi connectivity index (χ0) is 13.0. The smallest absolute Gasteiger partial charge is 0.247 e. The summed E-state index contributed by atoms with van der Waals surface area (Å²) in [7, 11) is -5.09. The first kappa shape index (κ1) is 13.1. The van der Waals surface area contributed by atoms with Crippen molar-refractivity contribution in [3.05, 3.63) is 36.6 Å². The molecule has 8 heteroatoms. The van der Waals surface area contributed by atoms with Crippen LogP contribution in [-0.2, 0) is 25.4 Å². The van der Waals surface area contributed by atoms with Gasteiger partial charge in [0.15, 0.2) is 0 Å². The van der Waals surface area contributed by atoms with Gasteiger partial charge < -0.3 is 5.32 Å². The van der Waals surface area contributed by atoms with Gasteiger partial charge in [0.1, 0.15) is 4.86 Å². The molecule has 1 N–H and O–H groups in total. The molecule has 1 aliphatic rings. The fourth-order valence-corrected chi connectivity index (χ4v) is 1.90. The first-order valence-electron chi connectivity index (χ1n) is 4.21. The third kappa shape index (κ3) is 3.26. The van der Waals surface area contributed by atoms with Crippen LogP contribution in [0.3, 0.4) is 0 Å². The van der Waals surface area contributed by atoms with Gasteiger partial charge in [0.2, 0.25) is 26.5 Å². The molecule has 1 aliphatic carbocycles. The van der Waals surface area contributed by atoms with Crippen LogP contribution in [0.25, 0.3) is 0 Å². The molecule has 0 bridgehead atoms. The highest BCUT2D eigenvalue weighted by Gasteiger charge is 2.14. The van der Waals surface area contributed by atoms with Crippen LogP contribution >= 0.6 is 0 Å². The van der Waals surface area contributed by atoms with Gasteiger partial charge in [-0.05, 0) is 24.3 Å². The molecule has 0 heterocycles. The Hall–Kier alpha value is -1.93. The summed E-state index contributed by atoms with van der Waals surface area (Å²) in [5.74, 6) is -0.634. The minimum Gasteiger partial charge on any atom is -0.321 e. The van der Waals surface area contributed by atoms with E-state index in [1.165, 1.54) is 0 Å². The summed E-state index contributed by atoms with van der Waals surface area (Å²) in [4.78, 5) is 10.7. The summed E-state index contributed by atoms with van der Waals surface area (Å²) < 4.78 is 43.1. The Labute approximate surface area is 100 Å². The van der Waals surface area contributed by atoms with Crippen molar-refractivity contribution in [1.29, 1.82) is 0 Å². The molecule has 0 aromatic heterocycles. The van der Waals surface area contributed by atoms with Gasteiger partial charge in [0.25, 0.3) is 0 Å². The fraction of sp³-hybridized carbons (Fsp3) is 0. The molecule has 0 spiro atoms. The van der Waals surface area contributed by atoms with E-state index in [2.05, 4.69) is 11.9 Å². The van der Waals surface area contributed by atoms with Crippen molar-refractivity contribution in [2.75, 3.05) is 0 Å². The SMILES string of the molecule is C=CC(=O)NC1=CC(=S(=O)=O)C=CC1=S(=O)=O. The topological polar surface area (TPSA) is 97.4 Å². The second-order valence-corrected chi connectivity index (χ2v) is 4.67. The van der Waals surface area contributed by atoms with E-state index in [-0.39, 0.29) is 15.4 Å². The minimum atomic E-state index is -2.58. The highest BCUT2D eigenvalue weighted by molar-refractivity contribution is 7.74. The van der Waals surface area contributed by atoms with E-state index in [4.69, 9.17) is 0 Å². The Morgan fingerprint density at radius 2 is 1.82 bits per heavy atom. The molecule has 0 unspecified atom stereocenters. The number of hydrogen-bond donors (Lipinski definition) is 1. The second kappa shape index (κ2) is 5.41. The van der Waals surface area contributed by atoms with Crippen molar-refractivity contribution in [1.82, 2.24) is 5.32 Å². The number of nitrogens with one attached hydrogen (secondary N) is 1. The van der Waals surface area contributed by atoms with E-state index in [1.54, 1.807) is 0 Å². The van der Waals surface area contributed by atoms with Crippen molar-refractivity contribution >= 4 is 36.2 Å². The monoisotopic (exact) mass is 273 g/mol. The van der Waals surface area contributed by atoms with Gasteiger partial charge in [-0.3, -0.25) is 4.79 Å². The number of carbonyl (C=O) groups excluding carboxylic acids is 1. The summed E-state index contributed by atoms with van der Waals surface area (Å²) in [6.07, 6.45) is 4.21. The second-order valence-electron chi connectivity index (χ2n) is 2.82. The molecule has 1 amide bonds. The molecule has 6 nitrogen and oxygen atoms in total. The molecule has 0 radical (unpaired) electrons. The number of hydrogen-bond acceptors (Lipinski definition) is 5. The maximum absolute atomic E-state index is 11.1. The lowest BCUT2D eigenvalue weighted by molar-refractivity contribution is -0.115. The summed E-state index contributed by atoms with van der Waals surface area (Å²) in [6, 6.07) is 0. The molecule has 0 atom stereocenters. The van der Waals surface area contributed by atoms with Crippen LogP contribution in [0.15, 0.2) is 36.6 Å². The van der Waals surface area contributed by atoms with Crippen LogP contribution in [-0.4, -0.2) is 32.5 Å². The summed E-state index contributed by atoms with van der Waals surface area (Å²) in [5, 5.41) is 2.21. The first-order chi connectivity index (χ1) is 7.95. The molecular weight excluding hydrogens is 266 g/mol. The zero-order valence-corrected chi connectivity index (χ0v) is 10.0. The van der Waals surface area contributed by atoms with E-state index in [9.17, 15) is 21.6 Å². The van der Waals surface area contributed by atoms with Crippen LogP contribution in [0, 0.1) is 0 Å². The lowest BCUT2D eigenvalue weighted by atomic mass is 10.1. The average molecular weight is 273 g/mol. The van der Waals surface area contributed by atoms with E-state index in [0.717, 1.165) is 24.3 Å². The van der Waals surface area contributed by atoms with Gasteiger partial charge in [-0.1, -0.05) is 6.58 Å². The molecule has 90 valence electrons. The lowest BCUT2D eigenvalue weighted by Crippen LogP contribution is -2.27. The molecule has 0 saturated heterocycles. The molecule has 0 aromatic rings. The highest BCUT2D eigenvalue weighted by Crippen LogP contribution is 2.03. The van der Waals surface area contributed by atoms with Crippen molar-refractivity contribution in [2.45, 2.75) is 0 Å². The fourth-order valence-electron chi connectivity index (χ4n) is 1.04. The van der Waals surface area contributed by atoms with Crippen LogP contribution in [0.4, 0.5) is 0 Å². The largest absolute Gasteiger partial charge is 0.321 e. The Morgan fingerprint density at radius 1 is 1.18 bits per heavy atom. The average Bonchev–Trinajstić information content (AvgIpc) is 2.28. The Bertz CT molecular complexity index is 688. The van der Waals surface area contributed by atoms with E-state index in [0.29, 0.717) is 0 Å². The van der Waals surface area contributed by atoms with Crippen molar-refractivity contribution < 1.29 is 21.6 Å². The molecule has 17 heavy (non-hydrogen) atoms. The number of allylic oxidation sites excluding steroid dienone is 3. The molecule has 1 rings (SSSR count). The summed E-state index contributed by atoms with van der Waals surface area (Å²) in [6.45, 7) is 3.20. The number of carbonyl (C=O) groups is 1. The Kier molecular flexibility index (Phi) is 4.18. The van der Waals surface area contributed by atoms with E-state index in [1.807, 2.05) is 0 Å². The van der Waals surface area contributed by atoms with E-state index >= 15 is 0 Å². The zero-order valence-electron chi connectivity index (χ0n) is 8.37. The van der Waals surface area contributed by atoms with Gasteiger partial charge in [0.05, 0.1) is 10.6 Å². The van der Waals surface area contributed by atoms with Crippen molar-refractivity contribution in [3.8, 4) is 0 Å². The van der Waals surface area contributed by atoms with Crippen molar-refractivity contribution in [2.24, 2.45) is 0 Å². The lowest BCUT2D eigenvalue weighted by Gasteiger charge is -2.08. The predicted molar refractivity (Wildman–Crippen MR) is 63.4 cm³/mol. The highest BCUT2D eigenvalue weighted by atomic mass is 32.2. The third-order valence-corrected chi connectivity index (χ3v) is 3.12. The van der Waals surface area contributed by atoms with Gasteiger partial charge >= 0.3 is 0 Å². The Balaban J connectivity index is 3.37. The maximum atomic E-state index is 11.1.